The van der Waals surface area contributed by atoms with Crippen molar-refractivity contribution in [2.75, 3.05) is 7.05 Å². The van der Waals surface area contributed by atoms with Crippen LogP contribution in [-0.4, -0.2) is 19.2 Å². The summed E-state index contributed by atoms with van der Waals surface area (Å²) >= 11 is 0. The van der Waals surface area contributed by atoms with E-state index in [0.29, 0.717) is 17.4 Å². The average molecular weight is 247 g/mol. The van der Waals surface area contributed by atoms with Gasteiger partial charge in [-0.1, -0.05) is 26.0 Å². The Hall–Kier alpha value is -1.02. The minimum absolute atomic E-state index is 0.240. The second-order valence-electron chi connectivity index (χ2n) is 6.19. The molecule has 18 heavy (non-hydrogen) atoms. The third kappa shape index (κ3) is 2.39. The molecule has 1 saturated carbocycles. The van der Waals surface area contributed by atoms with E-state index in [4.69, 9.17) is 4.74 Å². The van der Waals surface area contributed by atoms with E-state index in [0.717, 1.165) is 5.75 Å². The monoisotopic (exact) mass is 247 g/mol. The number of nitrogens with one attached hydrogen (secondary N) is 1. The van der Waals surface area contributed by atoms with Crippen LogP contribution in [0, 0.1) is 5.41 Å². The van der Waals surface area contributed by atoms with Gasteiger partial charge in [-0.25, -0.2) is 0 Å². The Morgan fingerprint density at radius 1 is 1.22 bits per heavy atom. The third-order valence-electron chi connectivity index (χ3n) is 4.27. The van der Waals surface area contributed by atoms with Gasteiger partial charge in [-0.2, -0.15) is 0 Å². The molecule has 100 valence electrons. The highest BCUT2D eigenvalue weighted by molar-refractivity contribution is 5.33. The lowest BCUT2D eigenvalue weighted by molar-refractivity contribution is 0.0751. The van der Waals surface area contributed by atoms with Crippen molar-refractivity contribution in [1.29, 1.82) is 0 Å². The van der Waals surface area contributed by atoms with Crippen LogP contribution in [0.4, 0.5) is 0 Å². The maximum absolute atomic E-state index is 5.68. The number of ether oxygens (including phenoxy) is 1. The molecule has 0 aliphatic heterocycles. The van der Waals surface area contributed by atoms with Gasteiger partial charge in [-0.15, -0.1) is 0 Å². The van der Waals surface area contributed by atoms with Crippen molar-refractivity contribution in [3.05, 3.63) is 29.8 Å². The summed E-state index contributed by atoms with van der Waals surface area (Å²) in [5.74, 6) is 1.62. The molecule has 0 aromatic heterocycles. The fourth-order valence-corrected chi connectivity index (χ4v) is 3.03. The van der Waals surface area contributed by atoms with Crippen LogP contribution >= 0.6 is 0 Å². The van der Waals surface area contributed by atoms with Crippen molar-refractivity contribution in [2.45, 2.75) is 52.2 Å². The second kappa shape index (κ2) is 4.93. The van der Waals surface area contributed by atoms with E-state index in [2.05, 4.69) is 64.3 Å². The third-order valence-corrected chi connectivity index (χ3v) is 4.27. The van der Waals surface area contributed by atoms with Crippen LogP contribution in [0.1, 0.15) is 45.6 Å². The molecular formula is C16H25NO. The summed E-state index contributed by atoms with van der Waals surface area (Å²) in [5.41, 5.74) is 1.78. The Bertz CT molecular complexity index is 394. The summed E-state index contributed by atoms with van der Waals surface area (Å²) in [6, 6.07) is 9.26. The van der Waals surface area contributed by atoms with E-state index < -0.39 is 0 Å². The standard InChI is InChI=1S/C16H25NO/c1-11(2)18-13-8-6-12(7-9-13)14-10-15(17-5)16(14,3)4/h6-9,11,14-15,17H,10H2,1-5H3. The Balaban J connectivity index is 2.07. The largest absolute Gasteiger partial charge is 0.491 e. The minimum Gasteiger partial charge on any atom is -0.491 e. The van der Waals surface area contributed by atoms with Gasteiger partial charge in [-0.05, 0) is 56.3 Å². The molecule has 0 spiro atoms. The highest BCUT2D eigenvalue weighted by Crippen LogP contribution is 2.52. The van der Waals surface area contributed by atoms with Gasteiger partial charge < -0.3 is 10.1 Å². The van der Waals surface area contributed by atoms with Crippen molar-refractivity contribution >= 4 is 0 Å². The Labute approximate surface area is 111 Å². The van der Waals surface area contributed by atoms with E-state index in [1.807, 2.05) is 0 Å². The molecular weight excluding hydrogens is 222 g/mol. The number of hydrogen-bond acceptors (Lipinski definition) is 2. The summed E-state index contributed by atoms with van der Waals surface area (Å²) in [5, 5.41) is 3.40. The smallest absolute Gasteiger partial charge is 0.119 e. The summed E-state index contributed by atoms with van der Waals surface area (Å²) in [7, 11) is 2.06. The first-order valence-electron chi connectivity index (χ1n) is 6.89. The highest BCUT2D eigenvalue weighted by Gasteiger charge is 2.47. The Kier molecular flexibility index (Phi) is 3.67. The van der Waals surface area contributed by atoms with Crippen molar-refractivity contribution in [3.8, 4) is 5.75 Å². The molecule has 2 nitrogen and oxygen atoms in total. The Morgan fingerprint density at radius 3 is 2.28 bits per heavy atom. The molecule has 1 N–H and O–H groups in total. The first-order chi connectivity index (χ1) is 8.45. The van der Waals surface area contributed by atoms with Gasteiger partial charge in [0, 0.05) is 6.04 Å². The lowest BCUT2D eigenvalue weighted by Gasteiger charge is -2.52. The second-order valence-corrected chi connectivity index (χ2v) is 6.19. The van der Waals surface area contributed by atoms with E-state index in [1.165, 1.54) is 12.0 Å². The van der Waals surface area contributed by atoms with Crippen molar-refractivity contribution in [1.82, 2.24) is 5.32 Å². The van der Waals surface area contributed by atoms with Crippen LogP contribution in [0.5, 0.6) is 5.75 Å². The molecule has 1 aliphatic carbocycles. The quantitative estimate of drug-likeness (QED) is 0.878. The lowest BCUT2D eigenvalue weighted by atomic mass is 9.56. The first-order valence-corrected chi connectivity index (χ1v) is 6.89. The normalized spacial score (nSPS) is 25.9. The molecule has 2 rings (SSSR count). The molecule has 1 aromatic carbocycles. The minimum atomic E-state index is 0.240. The summed E-state index contributed by atoms with van der Waals surface area (Å²) in [4.78, 5) is 0. The SMILES string of the molecule is CNC1CC(c2ccc(OC(C)C)cc2)C1(C)C. The van der Waals surface area contributed by atoms with Gasteiger partial charge in [0.05, 0.1) is 6.10 Å². The van der Waals surface area contributed by atoms with E-state index in [-0.39, 0.29) is 6.10 Å². The van der Waals surface area contributed by atoms with Crippen molar-refractivity contribution in [2.24, 2.45) is 5.41 Å². The molecule has 2 heteroatoms. The number of rotatable bonds is 4. The van der Waals surface area contributed by atoms with E-state index in [9.17, 15) is 0 Å². The number of benzene rings is 1. The van der Waals surface area contributed by atoms with Crippen LogP contribution in [0.15, 0.2) is 24.3 Å². The van der Waals surface area contributed by atoms with Crippen LogP contribution in [-0.2, 0) is 0 Å². The predicted molar refractivity (Wildman–Crippen MR) is 76.2 cm³/mol. The number of hydrogen-bond donors (Lipinski definition) is 1. The Morgan fingerprint density at radius 2 is 1.83 bits per heavy atom. The molecule has 0 radical (unpaired) electrons. The zero-order valence-electron chi connectivity index (χ0n) is 12.2. The molecule has 1 aromatic rings. The fourth-order valence-electron chi connectivity index (χ4n) is 3.03. The fraction of sp³-hybridized carbons (Fsp3) is 0.625. The van der Waals surface area contributed by atoms with Crippen LogP contribution in [0.25, 0.3) is 0 Å². The van der Waals surface area contributed by atoms with E-state index >= 15 is 0 Å². The topological polar surface area (TPSA) is 21.3 Å². The zero-order valence-corrected chi connectivity index (χ0v) is 12.2. The lowest BCUT2D eigenvalue weighted by Crippen LogP contribution is -2.54. The maximum Gasteiger partial charge on any atom is 0.119 e. The summed E-state index contributed by atoms with van der Waals surface area (Å²) < 4.78 is 5.68. The van der Waals surface area contributed by atoms with Gasteiger partial charge >= 0.3 is 0 Å². The summed E-state index contributed by atoms with van der Waals surface area (Å²) in [6.45, 7) is 8.81. The molecule has 0 amide bonds. The molecule has 2 atom stereocenters. The van der Waals surface area contributed by atoms with Gasteiger partial charge in [0.2, 0.25) is 0 Å². The van der Waals surface area contributed by atoms with Crippen molar-refractivity contribution in [3.63, 3.8) is 0 Å². The zero-order chi connectivity index (χ0) is 13.3. The molecule has 0 bridgehead atoms. The van der Waals surface area contributed by atoms with Crippen LogP contribution in [0.2, 0.25) is 0 Å². The maximum atomic E-state index is 5.68. The predicted octanol–water partition coefficient (Wildman–Crippen LogP) is 3.58. The molecule has 1 fully saturated rings. The van der Waals surface area contributed by atoms with Gasteiger partial charge in [0.1, 0.15) is 5.75 Å². The van der Waals surface area contributed by atoms with E-state index in [1.54, 1.807) is 0 Å². The highest BCUT2D eigenvalue weighted by atomic mass is 16.5. The van der Waals surface area contributed by atoms with Gasteiger partial charge in [0.15, 0.2) is 0 Å². The van der Waals surface area contributed by atoms with Crippen molar-refractivity contribution < 1.29 is 4.74 Å². The molecule has 0 saturated heterocycles. The van der Waals surface area contributed by atoms with Crippen LogP contribution in [0.3, 0.4) is 0 Å². The van der Waals surface area contributed by atoms with Gasteiger partial charge in [0.25, 0.3) is 0 Å². The van der Waals surface area contributed by atoms with Gasteiger partial charge in [-0.3, -0.25) is 0 Å². The molecule has 2 unspecified atom stereocenters. The first kappa shape index (κ1) is 13.4. The molecule has 0 heterocycles. The van der Waals surface area contributed by atoms with Crippen LogP contribution < -0.4 is 10.1 Å². The average Bonchev–Trinajstić information content (AvgIpc) is 2.30. The summed E-state index contributed by atoms with van der Waals surface area (Å²) in [6.07, 6.45) is 1.47. The molecule has 1 aliphatic rings.